The van der Waals surface area contributed by atoms with E-state index in [1.165, 1.54) is 11.3 Å². The minimum atomic E-state index is 0. The van der Waals surface area contributed by atoms with Crippen LogP contribution in [0.25, 0.3) is 0 Å². The second kappa shape index (κ2) is 8.36. The predicted molar refractivity (Wildman–Crippen MR) is 87.3 cm³/mol. The molecule has 2 rings (SSSR count). The molecule has 2 N–H and O–H groups in total. The van der Waals surface area contributed by atoms with Gasteiger partial charge in [0.2, 0.25) is 5.91 Å². The molecule has 2 heterocycles. The van der Waals surface area contributed by atoms with Crippen molar-refractivity contribution in [3.8, 4) is 0 Å². The van der Waals surface area contributed by atoms with E-state index in [1.807, 2.05) is 24.0 Å². The summed E-state index contributed by atoms with van der Waals surface area (Å²) in [5.41, 5.74) is 0. The first kappa shape index (κ1) is 17.9. The third kappa shape index (κ3) is 4.98. The number of likely N-dealkylation sites (tertiary alicyclic amines) is 1. The van der Waals surface area contributed by atoms with Gasteiger partial charge in [-0.2, -0.15) is 0 Å². The summed E-state index contributed by atoms with van der Waals surface area (Å²) in [5, 5.41) is 5.93. The van der Waals surface area contributed by atoms with Crippen LogP contribution in [0.2, 0.25) is 0 Å². The number of carbonyl (C=O) groups excluding carboxylic acids is 2. The Balaban J connectivity index is 0.00000220. The van der Waals surface area contributed by atoms with Crippen LogP contribution < -0.4 is 10.6 Å². The van der Waals surface area contributed by atoms with Crippen LogP contribution in [0.1, 0.15) is 27.4 Å². The van der Waals surface area contributed by atoms with Gasteiger partial charge >= 0.3 is 0 Å². The summed E-state index contributed by atoms with van der Waals surface area (Å²) in [5.74, 6) is 0.134. The van der Waals surface area contributed by atoms with Gasteiger partial charge in [0.15, 0.2) is 0 Å². The molecule has 118 valence electrons. The highest BCUT2D eigenvalue weighted by Crippen LogP contribution is 2.16. The van der Waals surface area contributed by atoms with Crippen molar-refractivity contribution in [1.82, 2.24) is 15.5 Å². The molecule has 0 spiro atoms. The normalized spacial score (nSPS) is 15.4. The molecule has 0 radical (unpaired) electrons. The number of thiophene rings is 1. The summed E-state index contributed by atoms with van der Waals surface area (Å²) < 4.78 is 0. The first-order valence-corrected chi connectivity index (χ1v) is 7.71. The van der Waals surface area contributed by atoms with Crippen LogP contribution in [-0.2, 0) is 4.79 Å². The molecule has 0 bridgehead atoms. The standard InChI is InChI=1S/C14H21N3O2S.ClH/c1-10-3-4-12(20-10)14(19)16-11-5-7-17(8-6-11)13(18)9-15-2;/h3-4,11,15H,5-9H2,1-2H3,(H,16,19);1H. The Morgan fingerprint density at radius 2 is 2.00 bits per heavy atom. The number of piperidine rings is 1. The summed E-state index contributed by atoms with van der Waals surface area (Å²) >= 11 is 1.51. The molecular weight excluding hydrogens is 310 g/mol. The van der Waals surface area contributed by atoms with Crippen molar-refractivity contribution in [3.05, 3.63) is 21.9 Å². The lowest BCUT2D eigenvalue weighted by Crippen LogP contribution is -2.48. The molecule has 0 atom stereocenters. The average molecular weight is 332 g/mol. The average Bonchev–Trinajstić information content (AvgIpc) is 2.86. The predicted octanol–water partition coefficient (Wildman–Crippen LogP) is 1.42. The second-order valence-electron chi connectivity index (χ2n) is 5.07. The molecule has 0 saturated carbocycles. The van der Waals surface area contributed by atoms with Gasteiger partial charge in [0, 0.05) is 24.0 Å². The molecule has 2 amide bonds. The highest BCUT2D eigenvalue weighted by molar-refractivity contribution is 7.13. The maximum absolute atomic E-state index is 12.1. The fraction of sp³-hybridized carbons (Fsp3) is 0.571. The fourth-order valence-corrected chi connectivity index (χ4v) is 3.12. The number of halogens is 1. The van der Waals surface area contributed by atoms with Crippen molar-refractivity contribution in [2.75, 3.05) is 26.7 Å². The number of carbonyl (C=O) groups is 2. The van der Waals surface area contributed by atoms with Gasteiger partial charge in [-0.3, -0.25) is 9.59 Å². The van der Waals surface area contributed by atoms with Crippen LogP contribution in [-0.4, -0.2) is 49.4 Å². The Kier molecular flexibility index (Phi) is 7.14. The molecule has 1 fully saturated rings. The van der Waals surface area contributed by atoms with Crippen LogP contribution in [0.15, 0.2) is 12.1 Å². The van der Waals surface area contributed by atoms with Crippen molar-refractivity contribution < 1.29 is 9.59 Å². The van der Waals surface area contributed by atoms with E-state index in [1.54, 1.807) is 7.05 Å². The van der Waals surface area contributed by atoms with Crippen LogP contribution in [0, 0.1) is 6.92 Å². The molecule has 0 aromatic carbocycles. The molecule has 21 heavy (non-hydrogen) atoms. The van der Waals surface area contributed by atoms with Gasteiger partial charge in [0.1, 0.15) is 0 Å². The van der Waals surface area contributed by atoms with E-state index in [4.69, 9.17) is 0 Å². The molecule has 1 saturated heterocycles. The van der Waals surface area contributed by atoms with E-state index >= 15 is 0 Å². The first-order valence-electron chi connectivity index (χ1n) is 6.90. The lowest BCUT2D eigenvalue weighted by atomic mass is 10.0. The lowest BCUT2D eigenvalue weighted by molar-refractivity contribution is -0.131. The third-order valence-corrected chi connectivity index (χ3v) is 4.47. The van der Waals surface area contributed by atoms with Crippen LogP contribution in [0.5, 0.6) is 0 Å². The van der Waals surface area contributed by atoms with E-state index in [0.717, 1.165) is 35.7 Å². The van der Waals surface area contributed by atoms with Gasteiger partial charge in [0.05, 0.1) is 11.4 Å². The number of hydrogen-bond donors (Lipinski definition) is 2. The third-order valence-electron chi connectivity index (χ3n) is 3.48. The molecule has 1 aromatic heterocycles. The van der Waals surface area contributed by atoms with Crippen molar-refractivity contribution in [1.29, 1.82) is 0 Å². The van der Waals surface area contributed by atoms with E-state index in [0.29, 0.717) is 6.54 Å². The summed E-state index contributed by atoms with van der Waals surface area (Å²) in [7, 11) is 1.77. The fourth-order valence-electron chi connectivity index (χ4n) is 2.35. The largest absolute Gasteiger partial charge is 0.348 e. The van der Waals surface area contributed by atoms with E-state index in [9.17, 15) is 9.59 Å². The summed E-state index contributed by atoms with van der Waals surface area (Å²) in [6.45, 7) is 3.81. The summed E-state index contributed by atoms with van der Waals surface area (Å²) in [4.78, 5) is 27.5. The van der Waals surface area contributed by atoms with Gasteiger partial charge in [-0.05, 0) is 38.9 Å². The number of likely N-dealkylation sites (N-methyl/N-ethyl adjacent to an activating group) is 1. The maximum Gasteiger partial charge on any atom is 0.261 e. The molecular formula is C14H22ClN3O2S. The minimum absolute atomic E-state index is 0. The number of aryl methyl sites for hydroxylation is 1. The summed E-state index contributed by atoms with van der Waals surface area (Å²) in [6, 6.07) is 3.99. The van der Waals surface area contributed by atoms with E-state index in [-0.39, 0.29) is 30.3 Å². The number of hydrogen-bond acceptors (Lipinski definition) is 4. The maximum atomic E-state index is 12.1. The second-order valence-corrected chi connectivity index (χ2v) is 6.36. The SMILES string of the molecule is CNCC(=O)N1CCC(NC(=O)c2ccc(C)s2)CC1.Cl. The van der Waals surface area contributed by atoms with Crippen LogP contribution in [0.3, 0.4) is 0 Å². The summed E-state index contributed by atoms with van der Waals surface area (Å²) in [6.07, 6.45) is 1.65. The molecule has 1 aliphatic rings. The van der Waals surface area contributed by atoms with Gasteiger partial charge < -0.3 is 15.5 Å². The number of nitrogens with one attached hydrogen (secondary N) is 2. The number of nitrogens with zero attached hydrogens (tertiary/aromatic N) is 1. The number of rotatable bonds is 4. The quantitative estimate of drug-likeness (QED) is 0.877. The monoisotopic (exact) mass is 331 g/mol. The lowest BCUT2D eigenvalue weighted by Gasteiger charge is -2.32. The van der Waals surface area contributed by atoms with E-state index in [2.05, 4.69) is 10.6 Å². The van der Waals surface area contributed by atoms with Gasteiger partial charge in [-0.1, -0.05) is 0 Å². The molecule has 0 aliphatic carbocycles. The Labute approximate surface area is 135 Å². The van der Waals surface area contributed by atoms with Crippen molar-refractivity contribution in [3.63, 3.8) is 0 Å². The molecule has 7 heteroatoms. The van der Waals surface area contributed by atoms with Crippen molar-refractivity contribution in [2.45, 2.75) is 25.8 Å². The Hall–Kier alpha value is -1.11. The zero-order chi connectivity index (χ0) is 14.5. The Morgan fingerprint density at radius 1 is 1.33 bits per heavy atom. The first-order chi connectivity index (χ1) is 9.60. The molecule has 1 aliphatic heterocycles. The highest BCUT2D eigenvalue weighted by Gasteiger charge is 2.23. The molecule has 5 nitrogen and oxygen atoms in total. The van der Waals surface area contributed by atoms with E-state index < -0.39 is 0 Å². The van der Waals surface area contributed by atoms with Gasteiger partial charge in [0.25, 0.3) is 5.91 Å². The number of amides is 2. The zero-order valence-corrected chi connectivity index (χ0v) is 14.0. The van der Waals surface area contributed by atoms with Crippen molar-refractivity contribution >= 4 is 35.6 Å². The Morgan fingerprint density at radius 3 is 2.52 bits per heavy atom. The minimum Gasteiger partial charge on any atom is -0.348 e. The zero-order valence-electron chi connectivity index (χ0n) is 12.3. The Bertz CT molecular complexity index is 484. The highest BCUT2D eigenvalue weighted by atomic mass is 35.5. The smallest absolute Gasteiger partial charge is 0.261 e. The van der Waals surface area contributed by atoms with Crippen LogP contribution in [0.4, 0.5) is 0 Å². The van der Waals surface area contributed by atoms with Gasteiger partial charge in [-0.25, -0.2) is 0 Å². The van der Waals surface area contributed by atoms with Crippen LogP contribution >= 0.6 is 23.7 Å². The molecule has 1 aromatic rings. The van der Waals surface area contributed by atoms with Crippen molar-refractivity contribution in [2.24, 2.45) is 0 Å². The molecule has 0 unspecified atom stereocenters. The topological polar surface area (TPSA) is 61.4 Å². The van der Waals surface area contributed by atoms with Gasteiger partial charge in [-0.15, -0.1) is 23.7 Å².